The largest absolute Gasteiger partial charge is 0.496 e. The van der Waals surface area contributed by atoms with Crippen molar-refractivity contribution in [2.45, 2.75) is 37.5 Å². The van der Waals surface area contributed by atoms with Gasteiger partial charge in [0.15, 0.2) is 0 Å². The summed E-state index contributed by atoms with van der Waals surface area (Å²) in [6.45, 7) is 0.755. The van der Waals surface area contributed by atoms with E-state index in [1.165, 1.54) is 30.4 Å². The van der Waals surface area contributed by atoms with Crippen molar-refractivity contribution >= 4 is 5.91 Å². The molecule has 1 heterocycles. The molecule has 0 aromatic heterocycles. The Morgan fingerprint density at radius 2 is 2.25 bits per heavy atom. The normalized spacial score (nSPS) is 25.6. The topological polar surface area (TPSA) is 38.3 Å². The molecule has 0 bridgehead atoms. The fourth-order valence-electron chi connectivity index (χ4n) is 3.21. The first-order chi connectivity index (χ1) is 9.78. The van der Waals surface area contributed by atoms with Gasteiger partial charge in [-0.2, -0.15) is 0 Å². The monoisotopic (exact) mass is 271 g/mol. The molecule has 1 saturated heterocycles. The summed E-state index contributed by atoms with van der Waals surface area (Å²) in [5.41, 5.74) is 2.51. The zero-order chi connectivity index (χ0) is 13.9. The summed E-state index contributed by atoms with van der Waals surface area (Å²) in [5, 5.41) is 2.91. The number of methoxy groups -OCH3 is 1. The van der Waals surface area contributed by atoms with Gasteiger partial charge in [0, 0.05) is 30.4 Å². The zero-order valence-electron chi connectivity index (χ0n) is 11.9. The van der Waals surface area contributed by atoms with Crippen LogP contribution in [0.4, 0.5) is 0 Å². The third kappa shape index (κ3) is 2.58. The maximum atomic E-state index is 11.4. The maximum Gasteiger partial charge on any atom is 0.220 e. The number of amides is 1. The Bertz CT molecular complexity index is 536. The fraction of sp³-hybridized carbons (Fsp3) is 0.471. The van der Waals surface area contributed by atoms with E-state index in [0.717, 1.165) is 12.3 Å². The molecule has 1 N–H and O–H groups in total. The highest BCUT2D eigenvalue weighted by Crippen LogP contribution is 2.36. The van der Waals surface area contributed by atoms with Crippen LogP contribution in [0, 0.1) is 0 Å². The summed E-state index contributed by atoms with van der Waals surface area (Å²) in [4.78, 5) is 11.4. The van der Waals surface area contributed by atoms with E-state index in [0.29, 0.717) is 18.3 Å². The second kappa shape index (κ2) is 5.70. The van der Waals surface area contributed by atoms with E-state index in [4.69, 9.17) is 4.74 Å². The first kappa shape index (κ1) is 13.2. The van der Waals surface area contributed by atoms with Crippen LogP contribution in [0.3, 0.4) is 0 Å². The van der Waals surface area contributed by atoms with Gasteiger partial charge < -0.3 is 10.1 Å². The number of rotatable bonds is 3. The molecule has 0 radical (unpaired) electrons. The molecule has 3 nitrogen and oxygen atoms in total. The van der Waals surface area contributed by atoms with E-state index in [1.54, 1.807) is 7.11 Å². The SMILES string of the molecule is COc1ccc(C2CNC(=O)C2)cc1C1C=CCCC1. The summed E-state index contributed by atoms with van der Waals surface area (Å²) in [7, 11) is 1.73. The minimum Gasteiger partial charge on any atom is -0.496 e. The molecule has 2 unspecified atom stereocenters. The van der Waals surface area contributed by atoms with Crippen molar-refractivity contribution < 1.29 is 9.53 Å². The van der Waals surface area contributed by atoms with Crippen LogP contribution in [0.2, 0.25) is 0 Å². The van der Waals surface area contributed by atoms with Gasteiger partial charge in [0.2, 0.25) is 5.91 Å². The first-order valence-electron chi connectivity index (χ1n) is 7.39. The molecule has 1 aliphatic carbocycles. The average molecular weight is 271 g/mol. The lowest BCUT2D eigenvalue weighted by molar-refractivity contribution is -0.119. The summed E-state index contributed by atoms with van der Waals surface area (Å²) in [5.74, 6) is 1.87. The van der Waals surface area contributed by atoms with Gasteiger partial charge >= 0.3 is 0 Å². The van der Waals surface area contributed by atoms with Crippen molar-refractivity contribution in [3.05, 3.63) is 41.5 Å². The number of hydrogen-bond acceptors (Lipinski definition) is 2. The number of ether oxygens (including phenoxy) is 1. The van der Waals surface area contributed by atoms with Crippen LogP contribution in [-0.2, 0) is 4.79 Å². The van der Waals surface area contributed by atoms with Crippen molar-refractivity contribution in [2.24, 2.45) is 0 Å². The van der Waals surface area contributed by atoms with Gasteiger partial charge in [-0.05, 0) is 30.9 Å². The second-order valence-electron chi connectivity index (χ2n) is 5.67. The minimum absolute atomic E-state index is 0.157. The molecule has 1 fully saturated rings. The number of allylic oxidation sites excluding steroid dienone is 2. The van der Waals surface area contributed by atoms with E-state index in [-0.39, 0.29) is 5.91 Å². The van der Waals surface area contributed by atoms with Crippen molar-refractivity contribution in [1.29, 1.82) is 0 Å². The molecule has 2 aliphatic rings. The lowest BCUT2D eigenvalue weighted by Gasteiger charge is -2.21. The zero-order valence-corrected chi connectivity index (χ0v) is 11.9. The molecule has 0 spiro atoms. The molecule has 1 aliphatic heterocycles. The smallest absolute Gasteiger partial charge is 0.220 e. The molecule has 1 amide bonds. The van der Waals surface area contributed by atoms with Gasteiger partial charge in [0.1, 0.15) is 5.75 Å². The Morgan fingerprint density at radius 3 is 2.90 bits per heavy atom. The number of carbonyl (C=O) groups excluding carboxylic acids is 1. The van der Waals surface area contributed by atoms with Crippen LogP contribution in [0.15, 0.2) is 30.4 Å². The maximum absolute atomic E-state index is 11.4. The Kier molecular flexibility index (Phi) is 3.77. The molecule has 0 saturated carbocycles. The van der Waals surface area contributed by atoms with E-state index < -0.39 is 0 Å². The molecular formula is C17H21NO2. The van der Waals surface area contributed by atoms with Gasteiger partial charge in [-0.15, -0.1) is 0 Å². The molecule has 1 aromatic rings. The molecule has 106 valence electrons. The Balaban J connectivity index is 1.92. The van der Waals surface area contributed by atoms with Crippen LogP contribution in [0.25, 0.3) is 0 Å². The minimum atomic E-state index is 0.157. The van der Waals surface area contributed by atoms with Crippen molar-refractivity contribution in [2.75, 3.05) is 13.7 Å². The predicted octanol–water partition coefficient (Wildman–Crippen LogP) is 3.12. The van der Waals surface area contributed by atoms with Gasteiger partial charge in [-0.3, -0.25) is 4.79 Å². The van der Waals surface area contributed by atoms with Crippen molar-refractivity contribution in [3.8, 4) is 5.75 Å². The van der Waals surface area contributed by atoms with Crippen LogP contribution < -0.4 is 10.1 Å². The highest BCUT2D eigenvalue weighted by molar-refractivity contribution is 5.79. The first-order valence-corrected chi connectivity index (χ1v) is 7.39. The Labute approximate surface area is 120 Å². The van der Waals surface area contributed by atoms with E-state index in [9.17, 15) is 4.79 Å². The fourth-order valence-corrected chi connectivity index (χ4v) is 3.21. The standard InChI is InChI=1S/C17H21NO2/c1-20-16-8-7-13(14-10-17(19)18-11-14)9-15(16)12-5-3-2-4-6-12/h3,5,7-9,12,14H,2,4,6,10-11H2,1H3,(H,18,19). The molecule has 3 rings (SSSR count). The van der Waals surface area contributed by atoms with Gasteiger partial charge in [-0.1, -0.05) is 24.3 Å². The lowest BCUT2D eigenvalue weighted by Crippen LogP contribution is -2.13. The van der Waals surface area contributed by atoms with Crippen LogP contribution in [0.1, 0.15) is 48.6 Å². The van der Waals surface area contributed by atoms with Gasteiger partial charge in [-0.25, -0.2) is 0 Å². The third-order valence-corrected chi connectivity index (χ3v) is 4.36. The van der Waals surface area contributed by atoms with Gasteiger partial charge in [0.25, 0.3) is 0 Å². The highest BCUT2D eigenvalue weighted by atomic mass is 16.5. The Morgan fingerprint density at radius 1 is 1.35 bits per heavy atom. The number of carbonyl (C=O) groups is 1. The molecule has 20 heavy (non-hydrogen) atoms. The molecule has 2 atom stereocenters. The summed E-state index contributed by atoms with van der Waals surface area (Å²) in [6.07, 6.45) is 8.76. The van der Waals surface area contributed by atoms with E-state index in [1.807, 2.05) is 0 Å². The van der Waals surface area contributed by atoms with E-state index in [2.05, 4.69) is 35.7 Å². The molecule has 1 aromatic carbocycles. The average Bonchev–Trinajstić information content (AvgIpc) is 2.94. The summed E-state index contributed by atoms with van der Waals surface area (Å²) >= 11 is 0. The van der Waals surface area contributed by atoms with Crippen molar-refractivity contribution in [1.82, 2.24) is 5.32 Å². The van der Waals surface area contributed by atoms with Crippen LogP contribution in [0.5, 0.6) is 5.75 Å². The second-order valence-corrected chi connectivity index (χ2v) is 5.67. The quantitative estimate of drug-likeness (QED) is 0.858. The van der Waals surface area contributed by atoms with Crippen molar-refractivity contribution in [3.63, 3.8) is 0 Å². The van der Waals surface area contributed by atoms with Crippen LogP contribution in [-0.4, -0.2) is 19.6 Å². The third-order valence-electron chi connectivity index (χ3n) is 4.36. The lowest BCUT2D eigenvalue weighted by atomic mass is 9.86. The van der Waals surface area contributed by atoms with Crippen LogP contribution >= 0.6 is 0 Å². The van der Waals surface area contributed by atoms with Gasteiger partial charge in [0.05, 0.1) is 7.11 Å². The Hall–Kier alpha value is -1.77. The highest BCUT2D eigenvalue weighted by Gasteiger charge is 2.25. The predicted molar refractivity (Wildman–Crippen MR) is 79.1 cm³/mol. The summed E-state index contributed by atoms with van der Waals surface area (Å²) < 4.78 is 5.52. The molecular weight excluding hydrogens is 250 g/mol. The van der Waals surface area contributed by atoms with E-state index >= 15 is 0 Å². The number of benzene rings is 1. The number of nitrogens with one attached hydrogen (secondary N) is 1. The molecule has 3 heteroatoms. The number of hydrogen-bond donors (Lipinski definition) is 1. The summed E-state index contributed by atoms with van der Waals surface area (Å²) in [6, 6.07) is 6.39.